The number of hydrogen-bond donors (Lipinski definition) is 2. The van der Waals surface area contributed by atoms with Gasteiger partial charge in [0.1, 0.15) is 6.33 Å². The van der Waals surface area contributed by atoms with E-state index in [0.717, 1.165) is 19.3 Å². The number of aliphatic hydroxyl groups is 1. The highest BCUT2D eigenvalue weighted by atomic mass is 16.3. The lowest BCUT2D eigenvalue weighted by atomic mass is 9.97. The number of nitrogens with one attached hydrogen (secondary N) is 1. The van der Waals surface area contributed by atoms with Crippen LogP contribution in [0.2, 0.25) is 0 Å². The Morgan fingerprint density at radius 1 is 1.35 bits per heavy atom. The number of aliphatic hydroxyl groups excluding tert-OH is 1. The molecule has 0 bridgehead atoms. The second-order valence-corrected chi connectivity index (χ2v) is 4.47. The average Bonchev–Trinajstić information content (AvgIpc) is 2.84. The van der Waals surface area contributed by atoms with Crippen LogP contribution in [-0.2, 0) is 0 Å². The molecule has 1 fully saturated rings. The summed E-state index contributed by atoms with van der Waals surface area (Å²) in [7, 11) is 0. The Hall–Kier alpha value is -1.49. The van der Waals surface area contributed by atoms with Gasteiger partial charge in [0.15, 0.2) is 0 Å². The summed E-state index contributed by atoms with van der Waals surface area (Å²) in [4.78, 5) is 19.4. The van der Waals surface area contributed by atoms with Crippen LogP contribution in [0.15, 0.2) is 18.7 Å². The number of rotatable bonds is 4. The van der Waals surface area contributed by atoms with Crippen molar-refractivity contribution in [1.82, 2.24) is 15.3 Å². The van der Waals surface area contributed by atoms with Crippen LogP contribution < -0.4 is 5.32 Å². The van der Waals surface area contributed by atoms with Crippen molar-refractivity contribution in [3.05, 3.63) is 24.3 Å². The zero-order valence-electron chi connectivity index (χ0n) is 9.67. The van der Waals surface area contributed by atoms with Gasteiger partial charge in [0.25, 0.3) is 5.91 Å². The van der Waals surface area contributed by atoms with E-state index in [-0.39, 0.29) is 12.5 Å². The van der Waals surface area contributed by atoms with Gasteiger partial charge in [-0.05, 0) is 24.7 Å². The molecular weight excluding hydrogens is 218 g/mol. The highest BCUT2D eigenvalue weighted by Gasteiger charge is 2.26. The Balaban J connectivity index is 1.84. The number of nitrogens with zero attached hydrogens (tertiary/aromatic N) is 2. The van der Waals surface area contributed by atoms with Crippen LogP contribution in [0.4, 0.5) is 0 Å². The Kier molecular flexibility index (Phi) is 4.03. The maximum Gasteiger partial charge on any atom is 0.254 e. The zero-order valence-corrected chi connectivity index (χ0v) is 9.67. The van der Waals surface area contributed by atoms with E-state index in [1.807, 2.05) is 0 Å². The molecule has 2 unspecified atom stereocenters. The van der Waals surface area contributed by atoms with Crippen molar-refractivity contribution in [2.45, 2.75) is 19.3 Å². The minimum atomic E-state index is -0.144. The van der Waals surface area contributed by atoms with E-state index in [1.165, 1.54) is 18.7 Å². The molecular formula is C12H17N3O2. The summed E-state index contributed by atoms with van der Waals surface area (Å²) < 4.78 is 0. The standard InChI is InChI=1S/C12H17N3O2/c16-7-10-3-1-2-9(10)6-15-12(17)11-4-13-8-14-5-11/h4-5,8-10,16H,1-3,6-7H2,(H,15,17). The third kappa shape index (κ3) is 3.00. The molecule has 1 amide bonds. The third-order valence-corrected chi connectivity index (χ3v) is 3.40. The van der Waals surface area contributed by atoms with E-state index < -0.39 is 0 Å². The van der Waals surface area contributed by atoms with Gasteiger partial charge in [0.05, 0.1) is 5.56 Å². The van der Waals surface area contributed by atoms with Gasteiger partial charge >= 0.3 is 0 Å². The van der Waals surface area contributed by atoms with Gasteiger partial charge in [0, 0.05) is 25.5 Å². The van der Waals surface area contributed by atoms with Crippen LogP contribution in [0.3, 0.4) is 0 Å². The lowest BCUT2D eigenvalue weighted by molar-refractivity contribution is 0.0937. The average molecular weight is 235 g/mol. The molecule has 1 aliphatic rings. The third-order valence-electron chi connectivity index (χ3n) is 3.40. The number of carbonyl (C=O) groups excluding carboxylic acids is 1. The predicted molar refractivity (Wildman–Crippen MR) is 62.3 cm³/mol. The van der Waals surface area contributed by atoms with Gasteiger partial charge in [-0.1, -0.05) is 6.42 Å². The van der Waals surface area contributed by atoms with Crippen LogP contribution >= 0.6 is 0 Å². The monoisotopic (exact) mass is 235 g/mol. The normalized spacial score (nSPS) is 23.6. The summed E-state index contributed by atoms with van der Waals surface area (Å²) in [5.41, 5.74) is 0.478. The molecule has 1 heterocycles. The van der Waals surface area contributed by atoms with E-state index in [0.29, 0.717) is 23.9 Å². The number of aromatic nitrogens is 2. The molecule has 2 atom stereocenters. The van der Waals surface area contributed by atoms with E-state index in [2.05, 4.69) is 15.3 Å². The molecule has 17 heavy (non-hydrogen) atoms. The summed E-state index contributed by atoms with van der Waals surface area (Å²) in [6.45, 7) is 0.841. The Bertz CT molecular complexity index is 369. The van der Waals surface area contributed by atoms with Crippen molar-refractivity contribution in [1.29, 1.82) is 0 Å². The van der Waals surface area contributed by atoms with Gasteiger partial charge < -0.3 is 10.4 Å². The summed E-state index contributed by atoms with van der Waals surface area (Å²) in [6.07, 6.45) is 7.68. The van der Waals surface area contributed by atoms with Crippen molar-refractivity contribution in [2.24, 2.45) is 11.8 Å². The fourth-order valence-electron chi connectivity index (χ4n) is 2.36. The van der Waals surface area contributed by atoms with Gasteiger partial charge in [-0.2, -0.15) is 0 Å². The van der Waals surface area contributed by atoms with Crippen LogP contribution in [0.25, 0.3) is 0 Å². The maximum atomic E-state index is 11.7. The molecule has 0 spiro atoms. The molecule has 5 nitrogen and oxygen atoms in total. The molecule has 2 N–H and O–H groups in total. The first-order chi connectivity index (χ1) is 8.31. The lowest BCUT2D eigenvalue weighted by Crippen LogP contribution is -2.31. The molecule has 1 aliphatic carbocycles. The second-order valence-electron chi connectivity index (χ2n) is 4.47. The largest absolute Gasteiger partial charge is 0.396 e. The fraction of sp³-hybridized carbons (Fsp3) is 0.583. The number of carbonyl (C=O) groups is 1. The molecule has 0 saturated heterocycles. The zero-order chi connectivity index (χ0) is 12.1. The Labute approximate surface area is 100 Å². The molecule has 5 heteroatoms. The minimum Gasteiger partial charge on any atom is -0.396 e. The second kappa shape index (κ2) is 5.72. The summed E-state index contributed by atoms with van der Waals surface area (Å²) in [5, 5.41) is 12.1. The van der Waals surface area contributed by atoms with Gasteiger partial charge in [-0.25, -0.2) is 9.97 Å². The van der Waals surface area contributed by atoms with E-state index in [1.54, 1.807) is 0 Å². The van der Waals surface area contributed by atoms with Crippen LogP contribution in [0.5, 0.6) is 0 Å². The topological polar surface area (TPSA) is 75.1 Å². The van der Waals surface area contributed by atoms with Crippen molar-refractivity contribution in [2.75, 3.05) is 13.2 Å². The first kappa shape index (κ1) is 12.0. The van der Waals surface area contributed by atoms with E-state index in [9.17, 15) is 9.90 Å². The Morgan fingerprint density at radius 3 is 2.76 bits per heavy atom. The first-order valence-corrected chi connectivity index (χ1v) is 5.95. The highest BCUT2D eigenvalue weighted by molar-refractivity contribution is 5.93. The predicted octanol–water partition coefficient (Wildman–Crippen LogP) is 0.615. The summed E-state index contributed by atoms with van der Waals surface area (Å²) >= 11 is 0. The molecule has 0 aromatic carbocycles. The molecule has 92 valence electrons. The van der Waals surface area contributed by atoms with E-state index in [4.69, 9.17) is 0 Å². The van der Waals surface area contributed by atoms with Crippen LogP contribution in [-0.4, -0.2) is 34.1 Å². The van der Waals surface area contributed by atoms with Gasteiger partial charge in [0.2, 0.25) is 0 Å². The maximum absolute atomic E-state index is 11.7. The van der Waals surface area contributed by atoms with Crippen LogP contribution in [0, 0.1) is 11.8 Å². The molecule has 1 aromatic heterocycles. The van der Waals surface area contributed by atoms with Gasteiger partial charge in [-0.15, -0.1) is 0 Å². The molecule has 1 saturated carbocycles. The Morgan fingerprint density at radius 2 is 2.06 bits per heavy atom. The molecule has 0 aliphatic heterocycles. The number of amides is 1. The smallest absolute Gasteiger partial charge is 0.254 e. The fourth-order valence-corrected chi connectivity index (χ4v) is 2.36. The quantitative estimate of drug-likeness (QED) is 0.802. The van der Waals surface area contributed by atoms with Crippen molar-refractivity contribution < 1.29 is 9.90 Å². The van der Waals surface area contributed by atoms with Crippen molar-refractivity contribution in [3.8, 4) is 0 Å². The minimum absolute atomic E-state index is 0.144. The summed E-state index contributed by atoms with van der Waals surface area (Å²) in [5.74, 6) is 0.588. The van der Waals surface area contributed by atoms with Crippen molar-refractivity contribution in [3.63, 3.8) is 0 Å². The van der Waals surface area contributed by atoms with Gasteiger partial charge in [-0.3, -0.25) is 4.79 Å². The number of hydrogen-bond acceptors (Lipinski definition) is 4. The molecule has 2 rings (SSSR count). The molecule has 1 aromatic rings. The summed E-state index contributed by atoms with van der Waals surface area (Å²) in [6, 6.07) is 0. The SMILES string of the molecule is O=C(NCC1CCCC1CO)c1cncnc1. The van der Waals surface area contributed by atoms with Crippen LogP contribution in [0.1, 0.15) is 29.6 Å². The van der Waals surface area contributed by atoms with Crippen molar-refractivity contribution >= 4 is 5.91 Å². The molecule has 0 radical (unpaired) electrons. The van der Waals surface area contributed by atoms with E-state index >= 15 is 0 Å². The first-order valence-electron chi connectivity index (χ1n) is 5.95. The highest BCUT2D eigenvalue weighted by Crippen LogP contribution is 2.30. The lowest BCUT2D eigenvalue weighted by Gasteiger charge is -2.17.